The largest absolute Gasteiger partial charge is 0.382 e. The Bertz CT molecular complexity index is 1460. The molecule has 2 aromatic rings. The first kappa shape index (κ1) is 30.6. The number of methoxy groups -OCH3 is 2. The maximum atomic E-state index is 13.3. The number of likely N-dealkylation sites (tertiary alicyclic amines) is 1. The first-order valence-corrected chi connectivity index (χ1v) is 14.6. The molecule has 2 amide bonds. The van der Waals surface area contributed by atoms with E-state index in [-0.39, 0.29) is 45.4 Å². The van der Waals surface area contributed by atoms with E-state index in [2.05, 4.69) is 15.3 Å². The molecular weight excluding hydrogens is 576 g/mol. The maximum absolute atomic E-state index is 13.3. The van der Waals surface area contributed by atoms with Crippen LogP contribution >= 0.6 is 11.6 Å². The molecule has 0 unspecified atom stereocenters. The molecule has 0 bridgehead atoms. The lowest BCUT2D eigenvalue weighted by Gasteiger charge is -2.37. The smallest absolute Gasteiger partial charge is 0.279 e. The Kier molecular flexibility index (Phi) is 9.13. The van der Waals surface area contributed by atoms with Crippen molar-refractivity contribution in [1.82, 2.24) is 24.5 Å². The number of aromatic nitrogens is 2. The molecule has 14 nitrogen and oxygen atoms in total. The van der Waals surface area contributed by atoms with Crippen LogP contribution in [0.4, 0.5) is 11.6 Å². The van der Waals surface area contributed by atoms with Gasteiger partial charge in [0, 0.05) is 46.3 Å². The Morgan fingerprint density at radius 1 is 1.15 bits per heavy atom. The average Bonchev–Trinajstić information content (AvgIpc) is 3.34. The number of halogens is 1. The summed E-state index contributed by atoms with van der Waals surface area (Å²) in [5, 5.41) is 2.62. The van der Waals surface area contributed by atoms with Gasteiger partial charge in [-0.15, -0.1) is 0 Å². The SMILES string of the molecule is COC(CN(C)S(=O)(=O)c1cccc(C(=O)N2CCC3(CCC(NC(=O)c4nc(Cl)c(N)nc4N)=N3)CC2)c1)OC. The van der Waals surface area contributed by atoms with E-state index < -0.39 is 27.8 Å². The minimum absolute atomic E-state index is 0.00113. The summed E-state index contributed by atoms with van der Waals surface area (Å²) >= 11 is 5.88. The number of nitrogen functional groups attached to an aromatic ring is 2. The van der Waals surface area contributed by atoms with Crippen LogP contribution in [0.25, 0.3) is 0 Å². The third kappa shape index (κ3) is 6.59. The first-order valence-electron chi connectivity index (χ1n) is 12.8. The molecule has 3 heterocycles. The summed E-state index contributed by atoms with van der Waals surface area (Å²) in [6.45, 7) is 0.838. The summed E-state index contributed by atoms with van der Waals surface area (Å²) in [6.07, 6.45) is 1.69. The molecule has 0 radical (unpaired) electrons. The monoisotopic (exact) mass is 608 g/mol. The zero-order valence-corrected chi connectivity index (χ0v) is 24.5. The molecule has 0 saturated carbocycles. The van der Waals surface area contributed by atoms with Gasteiger partial charge in [-0.1, -0.05) is 17.7 Å². The number of carbonyl (C=O) groups excluding carboxylic acids is 2. The lowest BCUT2D eigenvalue weighted by molar-refractivity contribution is -0.106. The number of hydrogen-bond donors (Lipinski definition) is 3. The van der Waals surface area contributed by atoms with E-state index in [1.807, 2.05) is 0 Å². The van der Waals surface area contributed by atoms with Gasteiger partial charge in [-0.05, 0) is 37.5 Å². The molecule has 16 heteroatoms. The van der Waals surface area contributed by atoms with Gasteiger partial charge >= 0.3 is 0 Å². The van der Waals surface area contributed by atoms with Crippen molar-refractivity contribution in [2.75, 3.05) is 52.4 Å². The van der Waals surface area contributed by atoms with Crippen LogP contribution in [0.3, 0.4) is 0 Å². The van der Waals surface area contributed by atoms with Crippen LogP contribution < -0.4 is 16.8 Å². The molecule has 222 valence electrons. The van der Waals surface area contributed by atoms with E-state index >= 15 is 0 Å². The fraction of sp³-hybridized carbons (Fsp3) is 0.480. The molecule has 1 saturated heterocycles. The zero-order valence-electron chi connectivity index (χ0n) is 23.0. The lowest BCUT2D eigenvalue weighted by atomic mass is 9.86. The van der Waals surface area contributed by atoms with Crippen LogP contribution in [0, 0.1) is 0 Å². The molecule has 2 aliphatic rings. The number of nitrogens with one attached hydrogen (secondary N) is 1. The van der Waals surface area contributed by atoms with Crippen molar-refractivity contribution >= 4 is 50.9 Å². The number of likely N-dealkylation sites (N-methyl/N-ethyl adjacent to an activating group) is 1. The van der Waals surface area contributed by atoms with Gasteiger partial charge < -0.3 is 31.2 Å². The Balaban J connectivity index is 1.39. The number of amidine groups is 1. The molecule has 1 spiro atoms. The van der Waals surface area contributed by atoms with Gasteiger partial charge in [0.2, 0.25) is 10.0 Å². The molecule has 41 heavy (non-hydrogen) atoms. The Labute approximate surface area is 243 Å². The third-order valence-electron chi connectivity index (χ3n) is 7.28. The van der Waals surface area contributed by atoms with Gasteiger partial charge in [0.15, 0.2) is 28.8 Å². The minimum Gasteiger partial charge on any atom is -0.382 e. The maximum Gasteiger partial charge on any atom is 0.279 e. The van der Waals surface area contributed by atoms with Crippen LogP contribution in [-0.4, -0.2) is 98.0 Å². The first-order chi connectivity index (χ1) is 19.4. The number of ether oxygens (including phenoxy) is 2. The van der Waals surface area contributed by atoms with Gasteiger partial charge in [-0.2, -0.15) is 4.31 Å². The highest BCUT2D eigenvalue weighted by Crippen LogP contribution is 2.36. The predicted molar refractivity (Wildman–Crippen MR) is 152 cm³/mol. The summed E-state index contributed by atoms with van der Waals surface area (Å²) in [5.41, 5.74) is 11.1. The van der Waals surface area contributed by atoms with E-state index in [0.717, 1.165) is 4.31 Å². The van der Waals surface area contributed by atoms with E-state index in [9.17, 15) is 18.0 Å². The second-order valence-corrected chi connectivity index (χ2v) is 12.3. The number of benzene rings is 1. The average molecular weight is 609 g/mol. The van der Waals surface area contributed by atoms with Crippen molar-refractivity contribution in [2.24, 2.45) is 4.99 Å². The topological polar surface area (TPSA) is 195 Å². The number of hydrogen-bond acceptors (Lipinski definition) is 11. The fourth-order valence-electron chi connectivity index (χ4n) is 4.83. The molecule has 1 aromatic carbocycles. The quantitative estimate of drug-likeness (QED) is 0.365. The highest BCUT2D eigenvalue weighted by atomic mass is 35.5. The van der Waals surface area contributed by atoms with Crippen molar-refractivity contribution in [3.8, 4) is 0 Å². The molecular formula is C25H33ClN8O6S. The predicted octanol–water partition coefficient (Wildman–Crippen LogP) is 1.13. The van der Waals surface area contributed by atoms with Crippen LogP contribution in [0.1, 0.15) is 46.5 Å². The number of piperidine rings is 1. The Morgan fingerprint density at radius 2 is 1.83 bits per heavy atom. The number of sulfonamides is 1. The number of amides is 2. The van der Waals surface area contributed by atoms with Gasteiger partial charge in [0.05, 0.1) is 17.0 Å². The summed E-state index contributed by atoms with van der Waals surface area (Å²) in [4.78, 5) is 40.2. The number of nitrogens with zero attached hydrogens (tertiary/aromatic N) is 5. The van der Waals surface area contributed by atoms with E-state index in [1.54, 1.807) is 17.0 Å². The Morgan fingerprint density at radius 3 is 2.49 bits per heavy atom. The molecule has 0 atom stereocenters. The molecule has 5 N–H and O–H groups in total. The molecule has 2 aliphatic heterocycles. The van der Waals surface area contributed by atoms with Gasteiger partial charge in [0.25, 0.3) is 11.8 Å². The summed E-state index contributed by atoms with van der Waals surface area (Å²) in [7, 11) is 0.388. The standard InChI is InChI=1S/C25H33ClN8O6S/c1-33(14-18(39-2)40-3)41(37,38)16-6-4-5-15(13-16)24(36)34-11-9-25(10-12-34)8-7-17(32-25)29-23(35)19-21(27)31-22(28)20(26)30-19/h4-6,13,18H,7-12,14H2,1-3H3,(H4,27,28,31)(H,29,32,35). The van der Waals surface area contributed by atoms with Crippen molar-refractivity contribution in [3.05, 3.63) is 40.7 Å². The van der Waals surface area contributed by atoms with Crippen molar-refractivity contribution < 1.29 is 27.5 Å². The molecule has 1 fully saturated rings. The number of carbonyl (C=O) groups is 2. The van der Waals surface area contributed by atoms with Crippen LogP contribution in [0.2, 0.25) is 5.15 Å². The minimum atomic E-state index is -3.88. The van der Waals surface area contributed by atoms with E-state index in [0.29, 0.717) is 44.6 Å². The van der Waals surface area contributed by atoms with Crippen LogP contribution in [0.5, 0.6) is 0 Å². The summed E-state index contributed by atoms with van der Waals surface area (Å²) < 4.78 is 37.5. The molecule has 4 rings (SSSR count). The fourth-order valence-corrected chi connectivity index (χ4v) is 6.16. The van der Waals surface area contributed by atoms with E-state index in [1.165, 1.54) is 33.4 Å². The summed E-state index contributed by atoms with van der Waals surface area (Å²) in [6, 6.07) is 5.97. The van der Waals surface area contributed by atoms with Crippen molar-refractivity contribution in [1.29, 1.82) is 0 Å². The van der Waals surface area contributed by atoms with Gasteiger partial charge in [-0.25, -0.2) is 18.4 Å². The number of anilines is 2. The number of rotatable bonds is 8. The lowest BCUT2D eigenvalue weighted by Crippen LogP contribution is -2.45. The normalized spacial score (nSPS) is 16.8. The zero-order chi connectivity index (χ0) is 29.9. The van der Waals surface area contributed by atoms with E-state index in [4.69, 9.17) is 37.5 Å². The van der Waals surface area contributed by atoms with Gasteiger partial charge in [0.1, 0.15) is 5.84 Å². The third-order valence-corrected chi connectivity index (χ3v) is 9.38. The number of aliphatic imine (C=N–C) groups is 1. The molecule has 0 aliphatic carbocycles. The van der Waals surface area contributed by atoms with Crippen LogP contribution in [0.15, 0.2) is 34.2 Å². The molecule has 1 aromatic heterocycles. The Hall–Kier alpha value is -3.37. The second kappa shape index (κ2) is 12.2. The van der Waals surface area contributed by atoms with Crippen molar-refractivity contribution in [3.63, 3.8) is 0 Å². The summed E-state index contributed by atoms with van der Waals surface area (Å²) in [5.74, 6) is -0.559. The highest BCUT2D eigenvalue weighted by Gasteiger charge is 2.40. The number of nitrogens with two attached hydrogens (primary N) is 2. The van der Waals surface area contributed by atoms with Crippen molar-refractivity contribution in [2.45, 2.75) is 42.4 Å². The van der Waals surface area contributed by atoms with Crippen LogP contribution in [-0.2, 0) is 19.5 Å². The highest BCUT2D eigenvalue weighted by molar-refractivity contribution is 7.89. The second-order valence-electron chi connectivity index (χ2n) is 9.88. The van der Waals surface area contributed by atoms with Gasteiger partial charge in [-0.3, -0.25) is 14.6 Å².